The molecule has 5 nitrogen and oxygen atoms in total. The Labute approximate surface area is 130 Å². The fourth-order valence-electron chi connectivity index (χ4n) is 3.03. The van der Waals surface area contributed by atoms with E-state index >= 15 is 0 Å². The summed E-state index contributed by atoms with van der Waals surface area (Å²) in [5.41, 5.74) is 0.902. The Balaban J connectivity index is 1.63. The van der Waals surface area contributed by atoms with Gasteiger partial charge >= 0.3 is 0 Å². The van der Waals surface area contributed by atoms with Gasteiger partial charge in [-0.25, -0.2) is 0 Å². The Kier molecular flexibility index (Phi) is 4.43. The molecule has 22 heavy (non-hydrogen) atoms. The number of carbonyl (C=O) groups is 2. The van der Waals surface area contributed by atoms with E-state index in [0.717, 1.165) is 5.69 Å². The summed E-state index contributed by atoms with van der Waals surface area (Å²) in [7, 11) is 0. The van der Waals surface area contributed by atoms with Crippen LogP contribution in [0.1, 0.15) is 13.3 Å². The van der Waals surface area contributed by atoms with Crippen molar-refractivity contribution in [3.63, 3.8) is 0 Å². The molecule has 1 saturated carbocycles. The van der Waals surface area contributed by atoms with E-state index in [1.54, 1.807) is 4.90 Å². The molecule has 1 aliphatic carbocycles. The molecule has 1 heterocycles. The summed E-state index contributed by atoms with van der Waals surface area (Å²) in [6, 6.07) is 9.65. The number of benzene rings is 1. The molecular formula is C17H22N2O3. The van der Waals surface area contributed by atoms with Crippen LogP contribution in [0.15, 0.2) is 30.3 Å². The third-order valence-corrected chi connectivity index (χ3v) is 4.40. The van der Waals surface area contributed by atoms with Gasteiger partial charge in [0.1, 0.15) is 0 Å². The zero-order valence-corrected chi connectivity index (χ0v) is 12.9. The summed E-state index contributed by atoms with van der Waals surface area (Å²) < 4.78 is 5.27. The molecule has 0 N–H and O–H groups in total. The lowest BCUT2D eigenvalue weighted by molar-refractivity contribution is -0.138. The van der Waals surface area contributed by atoms with Gasteiger partial charge in [-0.2, -0.15) is 0 Å². The topological polar surface area (TPSA) is 49.9 Å². The summed E-state index contributed by atoms with van der Waals surface area (Å²) in [5.74, 6) is -0.107. The summed E-state index contributed by atoms with van der Waals surface area (Å²) >= 11 is 0. The van der Waals surface area contributed by atoms with Crippen molar-refractivity contribution in [2.24, 2.45) is 11.8 Å². The number of hydrogen-bond acceptors (Lipinski definition) is 3. The molecule has 0 aromatic heterocycles. The molecule has 5 heteroatoms. The van der Waals surface area contributed by atoms with E-state index in [1.165, 1.54) is 0 Å². The van der Waals surface area contributed by atoms with Crippen molar-refractivity contribution < 1.29 is 14.3 Å². The summed E-state index contributed by atoms with van der Waals surface area (Å²) in [4.78, 5) is 28.7. The first-order chi connectivity index (χ1) is 10.7. The van der Waals surface area contributed by atoms with Gasteiger partial charge in [-0.1, -0.05) is 18.2 Å². The van der Waals surface area contributed by atoms with Crippen LogP contribution in [0.2, 0.25) is 0 Å². The molecule has 2 amide bonds. The van der Waals surface area contributed by atoms with Crippen LogP contribution in [0.4, 0.5) is 5.69 Å². The number of anilines is 1. The Morgan fingerprint density at radius 2 is 1.86 bits per heavy atom. The van der Waals surface area contributed by atoms with Crippen molar-refractivity contribution >= 4 is 17.5 Å². The van der Waals surface area contributed by atoms with Crippen molar-refractivity contribution in [3.8, 4) is 0 Å². The van der Waals surface area contributed by atoms with Crippen LogP contribution in [0.5, 0.6) is 0 Å². The van der Waals surface area contributed by atoms with Crippen LogP contribution < -0.4 is 4.90 Å². The van der Waals surface area contributed by atoms with Gasteiger partial charge in [0.05, 0.1) is 25.0 Å². The molecule has 0 radical (unpaired) electrons. The van der Waals surface area contributed by atoms with Crippen molar-refractivity contribution in [3.05, 3.63) is 30.3 Å². The summed E-state index contributed by atoms with van der Waals surface area (Å²) in [6.45, 7) is 5.08. The lowest BCUT2D eigenvalue weighted by Gasteiger charge is -2.27. The average Bonchev–Trinajstić information content (AvgIpc) is 3.37. The van der Waals surface area contributed by atoms with E-state index in [4.69, 9.17) is 4.74 Å². The zero-order valence-electron chi connectivity index (χ0n) is 12.9. The highest BCUT2D eigenvalue weighted by Crippen LogP contribution is 2.42. The molecule has 0 spiro atoms. The van der Waals surface area contributed by atoms with Gasteiger partial charge in [-0.3, -0.25) is 9.59 Å². The van der Waals surface area contributed by atoms with Crippen molar-refractivity contribution in [1.29, 1.82) is 0 Å². The van der Waals surface area contributed by atoms with Crippen LogP contribution in [0.25, 0.3) is 0 Å². The predicted octanol–water partition coefficient (Wildman–Crippen LogP) is 1.53. The predicted molar refractivity (Wildman–Crippen MR) is 83.5 cm³/mol. The molecule has 118 valence electrons. The zero-order chi connectivity index (χ0) is 15.5. The van der Waals surface area contributed by atoms with Gasteiger partial charge < -0.3 is 14.5 Å². The van der Waals surface area contributed by atoms with Gasteiger partial charge in [-0.05, 0) is 25.5 Å². The number of ether oxygens (including phenoxy) is 1. The highest BCUT2D eigenvalue weighted by molar-refractivity contribution is 6.01. The van der Waals surface area contributed by atoms with E-state index in [2.05, 4.69) is 0 Å². The summed E-state index contributed by atoms with van der Waals surface area (Å²) in [6.07, 6.45) is 0.679. The fraction of sp³-hybridized carbons (Fsp3) is 0.529. The number of morpholine rings is 1. The number of rotatable bonds is 4. The first kappa shape index (κ1) is 15.0. The first-order valence-corrected chi connectivity index (χ1v) is 7.95. The largest absolute Gasteiger partial charge is 0.378 e. The molecule has 1 aliphatic heterocycles. The fourth-order valence-corrected chi connectivity index (χ4v) is 3.03. The maximum atomic E-state index is 12.7. The number of amides is 2. The molecule has 1 aromatic carbocycles. The SMILES string of the molecule is CCN(C(=O)C1CC1C(=O)N1CCOCC1)c1ccccc1. The lowest BCUT2D eigenvalue weighted by atomic mass is 10.2. The van der Waals surface area contributed by atoms with Crippen LogP contribution in [-0.4, -0.2) is 49.6 Å². The standard InChI is InChI=1S/C17H22N2O3/c1-2-19(13-6-4-3-5-7-13)17(21)15-12-14(15)16(20)18-8-10-22-11-9-18/h3-7,14-15H,2,8-12H2,1H3. The van der Waals surface area contributed by atoms with Crippen molar-refractivity contribution in [2.45, 2.75) is 13.3 Å². The van der Waals surface area contributed by atoms with Crippen LogP contribution in [0.3, 0.4) is 0 Å². The number of para-hydroxylation sites is 1. The van der Waals surface area contributed by atoms with Gasteiger partial charge in [0, 0.05) is 25.3 Å². The molecule has 1 saturated heterocycles. The maximum Gasteiger partial charge on any atom is 0.230 e. The van der Waals surface area contributed by atoms with Crippen molar-refractivity contribution in [1.82, 2.24) is 4.90 Å². The molecule has 2 atom stereocenters. The normalized spacial score (nSPS) is 24.0. The number of hydrogen-bond donors (Lipinski definition) is 0. The number of carbonyl (C=O) groups excluding carboxylic acids is 2. The lowest BCUT2D eigenvalue weighted by Crippen LogP contribution is -2.42. The molecular weight excluding hydrogens is 280 g/mol. The Morgan fingerprint density at radius 3 is 2.50 bits per heavy atom. The van der Waals surface area contributed by atoms with E-state index in [1.807, 2.05) is 42.2 Å². The maximum absolute atomic E-state index is 12.7. The van der Waals surface area contributed by atoms with E-state index in [9.17, 15) is 9.59 Å². The molecule has 2 unspecified atom stereocenters. The average molecular weight is 302 g/mol. The Morgan fingerprint density at radius 1 is 1.18 bits per heavy atom. The van der Waals surface area contributed by atoms with E-state index in [0.29, 0.717) is 39.3 Å². The second kappa shape index (κ2) is 6.48. The highest BCUT2D eigenvalue weighted by atomic mass is 16.5. The minimum atomic E-state index is -0.157. The van der Waals surface area contributed by atoms with E-state index in [-0.39, 0.29) is 23.7 Å². The van der Waals surface area contributed by atoms with Crippen LogP contribution >= 0.6 is 0 Å². The van der Waals surface area contributed by atoms with Crippen molar-refractivity contribution in [2.75, 3.05) is 37.7 Å². The molecule has 1 aromatic rings. The highest BCUT2D eigenvalue weighted by Gasteiger charge is 2.50. The minimum absolute atomic E-state index is 0.0697. The number of nitrogens with zero attached hydrogens (tertiary/aromatic N) is 2. The first-order valence-electron chi connectivity index (χ1n) is 7.95. The monoisotopic (exact) mass is 302 g/mol. The molecule has 2 aliphatic rings. The van der Waals surface area contributed by atoms with E-state index < -0.39 is 0 Å². The second-order valence-electron chi connectivity index (χ2n) is 5.80. The minimum Gasteiger partial charge on any atom is -0.378 e. The van der Waals surface area contributed by atoms with Crippen LogP contribution in [-0.2, 0) is 14.3 Å². The third kappa shape index (κ3) is 2.99. The Bertz CT molecular complexity index is 540. The molecule has 0 bridgehead atoms. The Hall–Kier alpha value is -1.88. The van der Waals surface area contributed by atoms with Gasteiger partial charge in [0.25, 0.3) is 0 Å². The van der Waals surface area contributed by atoms with Crippen LogP contribution in [0, 0.1) is 11.8 Å². The van der Waals surface area contributed by atoms with Gasteiger partial charge in [-0.15, -0.1) is 0 Å². The molecule has 2 fully saturated rings. The molecule has 3 rings (SSSR count). The van der Waals surface area contributed by atoms with Gasteiger partial charge in [0.2, 0.25) is 11.8 Å². The summed E-state index contributed by atoms with van der Waals surface area (Å²) in [5, 5.41) is 0. The third-order valence-electron chi connectivity index (χ3n) is 4.40. The quantitative estimate of drug-likeness (QED) is 0.847. The smallest absolute Gasteiger partial charge is 0.230 e. The second-order valence-corrected chi connectivity index (χ2v) is 5.80. The van der Waals surface area contributed by atoms with Gasteiger partial charge in [0.15, 0.2) is 0 Å².